The highest BCUT2D eigenvalue weighted by Crippen LogP contribution is 2.20. The maximum absolute atomic E-state index is 9.90. The van der Waals surface area contributed by atoms with Crippen LogP contribution in [0.3, 0.4) is 0 Å². The monoisotopic (exact) mass is 314 g/mol. The number of hydrogen-bond donors (Lipinski definition) is 2. The van der Waals surface area contributed by atoms with Crippen LogP contribution in [0, 0.1) is 5.92 Å². The molecular formula is C16H30N2O2S. The van der Waals surface area contributed by atoms with Gasteiger partial charge in [0.25, 0.3) is 0 Å². The summed E-state index contributed by atoms with van der Waals surface area (Å²) >= 11 is 1.73. The molecule has 21 heavy (non-hydrogen) atoms. The van der Waals surface area contributed by atoms with Crippen LogP contribution < -0.4 is 5.32 Å². The number of ether oxygens (including phenoxy) is 1. The Bertz CT molecular complexity index is 382. The van der Waals surface area contributed by atoms with E-state index in [1.54, 1.807) is 11.3 Å². The van der Waals surface area contributed by atoms with Crippen molar-refractivity contribution in [3.05, 3.63) is 16.1 Å². The second-order valence-electron chi connectivity index (χ2n) is 5.91. The molecule has 122 valence electrons. The molecule has 0 bridgehead atoms. The van der Waals surface area contributed by atoms with Crippen LogP contribution in [-0.2, 0) is 11.2 Å². The SMILES string of the molecule is CCc1cnc(C(C)NCC(O)COCCCC(C)C)s1. The lowest BCUT2D eigenvalue weighted by molar-refractivity contribution is 0.0337. The van der Waals surface area contributed by atoms with Crippen LogP contribution in [-0.4, -0.2) is 36.0 Å². The van der Waals surface area contributed by atoms with Crippen LogP contribution in [0.15, 0.2) is 6.20 Å². The van der Waals surface area contributed by atoms with E-state index in [1.165, 1.54) is 11.3 Å². The first-order valence-electron chi connectivity index (χ1n) is 7.96. The van der Waals surface area contributed by atoms with Crippen molar-refractivity contribution in [2.24, 2.45) is 5.92 Å². The summed E-state index contributed by atoms with van der Waals surface area (Å²) in [5.41, 5.74) is 0. The van der Waals surface area contributed by atoms with Gasteiger partial charge in [-0.25, -0.2) is 4.98 Å². The Kier molecular flexibility index (Phi) is 9.08. The molecule has 2 unspecified atom stereocenters. The minimum absolute atomic E-state index is 0.172. The van der Waals surface area contributed by atoms with E-state index >= 15 is 0 Å². The molecule has 0 fully saturated rings. The van der Waals surface area contributed by atoms with E-state index in [1.807, 2.05) is 6.20 Å². The molecule has 0 aromatic carbocycles. The zero-order chi connectivity index (χ0) is 15.7. The highest BCUT2D eigenvalue weighted by atomic mass is 32.1. The number of aliphatic hydroxyl groups is 1. The number of nitrogens with one attached hydrogen (secondary N) is 1. The Labute approximate surface area is 132 Å². The van der Waals surface area contributed by atoms with E-state index in [0.29, 0.717) is 19.1 Å². The number of aryl methyl sites for hydroxylation is 1. The predicted octanol–water partition coefficient (Wildman–Crippen LogP) is 3.17. The molecular weight excluding hydrogens is 284 g/mol. The zero-order valence-electron chi connectivity index (χ0n) is 13.8. The smallest absolute Gasteiger partial charge is 0.109 e. The summed E-state index contributed by atoms with van der Waals surface area (Å²) in [4.78, 5) is 5.71. The van der Waals surface area contributed by atoms with Crippen LogP contribution in [0.1, 0.15) is 56.5 Å². The number of thiazole rings is 1. The van der Waals surface area contributed by atoms with Gasteiger partial charge in [0.15, 0.2) is 0 Å². The number of aliphatic hydroxyl groups excluding tert-OH is 1. The fourth-order valence-corrected chi connectivity index (χ4v) is 2.84. The Morgan fingerprint density at radius 1 is 1.38 bits per heavy atom. The summed E-state index contributed by atoms with van der Waals surface area (Å²) in [5, 5.41) is 14.3. The fraction of sp³-hybridized carbons (Fsp3) is 0.812. The Balaban J connectivity index is 2.13. The minimum atomic E-state index is -0.461. The topological polar surface area (TPSA) is 54.4 Å². The van der Waals surface area contributed by atoms with Gasteiger partial charge in [-0.15, -0.1) is 11.3 Å². The summed E-state index contributed by atoms with van der Waals surface area (Å²) < 4.78 is 5.50. The second-order valence-corrected chi connectivity index (χ2v) is 7.06. The molecule has 2 atom stereocenters. The molecule has 2 N–H and O–H groups in total. The first kappa shape index (κ1) is 18.6. The predicted molar refractivity (Wildman–Crippen MR) is 88.8 cm³/mol. The molecule has 4 nitrogen and oxygen atoms in total. The van der Waals surface area contributed by atoms with Gasteiger partial charge < -0.3 is 15.2 Å². The Hall–Kier alpha value is -0.490. The lowest BCUT2D eigenvalue weighted by atomic mass is 10.1. The average molecular weight is 314 g/mol. The lowest BCUT2D eigenvalue weighted by Crippen LogP contribution is -2.32. The molecule has 0 aliphatic rings. The molecule has 1 aromatic rings. The van der Waals surface area contributed by atoms with Crippen LogP contribution in [0.25, 0.3) is 0 Å². The van der Waals surface area contributed by atoms with Gasteiger partial charge in [-0.3, -0.25) is 0 Å². The molecule has 0 saturated carbocycles. The number of rotatable bonds is 11. The molecule has 1 rings (SSSR count). The maximum Gasteiger partial charge on any atom is 0.109 e. The van der Waals surface area contributed by atoms with E-state index in [-0.39, 0.29) is 6.04 Å². The third-order valence-electron chi connectivity index (χ3n) is 3.33. The van der Waals surface area contributed by atoms with Gasteiger partial charge in [0.05, 0.1) is 18.8 Å². The highest BCUT2D eigenvalue weighted by molar-refractivity contribution is 7.11. The van der Waals surface area contributed by atoms with Gasteiger partial charge >= 0.3 is 0 Å². The quantitative estimate of drug-likeness (QED) is 0.616. The molecule has 0 spiro atoms. The summed E-state index contributed by atoms with van der Waals surface area (Å²) in [6, 6.07) is 0.172. The first-order valence-corrected chi connectivity index (χ1v) is 8.78. The average Bonchev–Trinajstić information content (AvgIpc) is 2.93. The third kappa shape index (κ3) is 7.90. The van der Waals surface area contributed by atoms with E-state index in [9.17, 15) is 5.11 Å². The van der Waals surface area contributed by atoms with Crippen LogP contribution in [0.4, 0.5) is 0 Å². The van der Waals surface area contributed by atoms with Crippen molar-refractivity contribution in [3.8, 4) is 0 Å². The maximum atomic E-state index is 9.90. The van der Waals surface area contributed by atoms with Gasteiger partial charge in [-0.2, -0.15) is 0 Å². The summed E-state index contributed by atoms with van der Waals surface area (Å²) in [7, 11) is 0. The van der Waals surface area contributed by atoms with Crippen LogP contribution in [0.5, 0.6) is 0 Å². The van der Waals surface area contributed by atoms with Gasteiger partial charge in [-0.05, 0) is 32.1 Å². The molecule has 1 aromatic heterocycles. The molecule has 5 heteroatoms. The van der Waals surface area contributed by atoms with Crippen molar-refractivity contribution >= 4 is 11.3 Å². The third-order valence-corrected chi connectivity index (χ3v) is 4.65. The molecule has 1 heterocycles. The largest absolute Gasteiger partial charge is 0.389 e. The van der Waals surface area contributed by atoms with E-state index < -0.39 is 6.10 Å². The number of aromatic nitrogens is 1. The molecule has 0 saturated heterocycles. The summed E-state index contributed by atoms with van der Waals surface area (Å²) in [6.07, 6.45) is 4.74. The van der Waals surface area contributed by atoms with Crippen LogP contribution >= 0.6 is 11.3 Å². The zero-order valence-corrected chi connectivity index (χ0v) is 14.6. The van der Waals surface area contributed by atoms with E-state index in [4.69, 9.17) is 4.74 Å². The van der Waals surface area contributed by atoms with Crippen molar-refractivity contribution in [1.82, 2.24) is 10.3 Å². The summed E-state index contributed by atoms with van der Waals surface area (Å²) in [5.74, 6) is 0.715. The van der Waals surface area contributed by atoms with Gasteiger partial charge in [0, 0.05) is 24.2 Å². The van der Waals surface area contributed by atoms with Gasteiger partial charge in [0.2, 0.25) is 0 Å². The second kappa shape index (κ2) is 10.3. The standard InChI is InChI=1S/C16H30N2O2S/c1-5-15-10-18-16(21-15)13(4)17-9-14(19)11-20-8-6-7-12(2)3/h10,12-14,17,19H,5-9,11H2,1-4H3. The molecule has 0 radical (unpaired) electrons. The fourth-order valence-electron chi connectivity index (χ4n) is 1.96. The first-order chi connectivity index (χ1) is 10.0. The Morgan fingerprint density at radius 2 is 2.14 bits per heavy atom. The molecule has 0 aliphatic carbocycles. The molecule has 0 amide bonds. The number of nitrogens with zero attached hydrogens (tertiary/aromatic N) is 1. The van der Waals surface area contributed by atoms with Crippen molar-refractivity contribution in [2.45, 2.75) is 59.1 Å². The minimum Gasteiger partial charge on any atom is -0.389 e. The number of hydrogen-bond acceptors (Lipinski definition) is 5. The van der Waals surface area contributed by atoms with Gasteiger partial charge in [0.1, 0.15) is 5.01 Å². The van der Waals surface area contributed by atoms with E-state index in [0.717, 1.165) is 24.5 Å². The normalized spacial score (nSPS) is 14.6. The van der Waals surface area contributed by atoms with Crippen molar-refractivity contribution in [2.75, 3.05) is 19.8 Å². The van der Waals surface area contributed by atoms with Crippen molar-refractivity contribution in [3.63, 3.8) is 0 Å². The molecule has 0 aliphatic heterocycles. The highest BCUT2D eigenvalue weighted by Gasteiger charge is 2.12. The summed E-state index contributed by atoms with van der Waals surface area (Å²) in [6.45, 7) is 10.3. The van der Waals surface area contributed by atoms with E-state index in [2.05, 4.69) is 38.0 Å². The van der Waals surface area contributed by atoms with Crippen LogP contribution in [0.2, 0.25) is 0 Å². The lowest BCUT2D eigenvalue weighted by Gasteiger charge is -2.16. The van der Waals surface area contributed by atoms with Gasteiger partial charge in [-0.1, -0.05) is 20.8 Å². The van der Waals surface area contributed by atoms with Crippen molar-refractivity contribution < 1.29 is 9.84 Å². The van der Waals surface area contributed by atoms with Crippen molar-refractivity contribution in [1.29, 1.82) is 0 Å². The Morgan fingerprint density at radius 3 is 2.76 bits per heavy atom.